The van der Waals surface area contributed by atoms with Crippen LogP contribution >= 0.6 is 0 Å². The molecule has 0 bridgehead atoms. The summed E-state index contributed by atoms with van der Waals surface area (Å²) in [6.45, 7) is 10.2. The van der Waals surface area contributed by atoms with Crippen molar-refractivity contribution < 1.29 is 87.0 Å². The Hall–Kier alpha value is -4.15. The van der Waals surface area contributed by atoms with Crippen molar-refractivity contribution >= 4 is 28.9 Å². The van der Waals surface area contributed by atoms with Gasteiger partial charge in [0.2, 0.25) is 0 Å². The molecule has 0 amide bonds. The fraction of sp³-hybridized carbons (Fsp3) is 0.612. The average molecular weight is 935 g/mol. The summed E-state index contributed by atoms with van der Waals surface area (Å²) in [5.74, 6) is -3.57. The van der Waals surface area contributed by atoms with Crippen molar-refractivity contribution in [3.05, 3.63) is 76.4 Å². The molecule has 3 saturated heterocycles. The largest absolute Gasteiger partial charge is 0.507 e. The van der Waals surface area contributed by atoms with E-state index in [1.54, 1.807) is 46.8 Å². The Kier molecular flexibility index (Phi) is 12.9. The third-order valence-electron chi connectivity index (χ3n) is 14.4. The molecule has 362 valence electrons. The summed E-state index contributed by atoms with van der Waals surface area (Å²) in [7, 11) is 0. The average Bonchev–Trinajstić information content (AvgIpc) is 3.26. The molecule has 1 saturated carbocycles. The van der Waals surface area contributed by atoms with Crippen LogP contribution in [0.15, 0.2) is 59.7 Å². The van der Waals surface area contributed by atoms with Crippen LogP contribution in [0.5, 0.6) is 5.75 Å². The standard InChI is InChI=1S/C49H58O18/c1-22-30(50)9-13-37(60-22)64-33-11-15-39(62-24(33)3)66-46-26(5)59-35(19-32(46)52)27-7-8-28-41(43(27)54)44(55)29-17-18-48(57)21-47(6,20-36(53)49(48,58)42(29)45(28)56)67-40-16-12-34(25(4)63-40)65-38-14-10-31(51)23(2)61-38/h7-10,13-14,17-18,22-26,32-35,37-40,46,52,54,57-58H,11-12,15-16,19-21H2,1-6H3/t22-,23-,24-,25-,26+,32+,33-,34-,35+,37-,38-,39-,40-,46+,47+,48-,49+/m0/s1. The van der Waals surface area contributed by atoms with E-state index in [9.17, 15) is 44.4 Å². The Morgan fingerprint density at radius 1 is 0.701 bits per heavy atom. The van der Waals surface area contributed by atoms with Gasteiger partial charge in [0, 0.05) is 48.8 Å². The lowest BCUT2D eigenvalue weighted by atomic mass is 9.57. The molecular weight excluding hydrogens is 877 g/mol. The molecule has 4 N–H and O–H groups in total. The molecule has 0 aromatic heterocycles. The second-order valence-electron chi connectivity index (χ2n) is 19.3. The maximum Gasteiger partial charge on any atom is 0.198 e. The summed E-state index contributed by atoms with van der Waals surface area (Å²) in [5.41, 5.74) is -8.05. The van der Waals surface area contributed by atoms with Crippen molar-refractivity contribution in [1.29, 1.82) is 0 Å². The van der Waals surface area contributed by atoms with Gasteiger partial charge < -0.3 is 63.1 Å². The summed E-state index contributed by atoms with van der Waals surface area (Å²) < 4.78 is 54.4. The number of aromatic hydroxyl groups is 1. The number of ether oxygens (including phenoxy) is 9. The minimum absolute atomic E-state index is 0.0512. The highest BCUT2D eigenvalue weighted by atomic mass is 16.7. The number of fused-ring (bicyclic) bond motifs is 3. The lowest BCUT2D eigenvalue weighted by Crippen LogP contribution is -2.69. The summed E-state index contributed by atoms with van der Waals surface area (Å²) in [6.07, 6.45) is -0.115. The monoisotopic (exact) mass is 934 g/mol. The fourth-order valence-corrected chi connectivity index (χ4v) is 10.7. The molecule has 17 atom stereocenters. The third kappa shape index (κ3) is 8.67. The maximum absolute atomic E-state index is 14.4. The molecule has 0 spiro atoms. The van der Waals surface area contributed by atoms with E-state index in [2.05, 4.69) is 0 Å². The van der Waals surface area contributed by atoms with Gasteiger partial charge in [-0.15, -0.1) is 0 Å². The smallest absolute Gasteiger partial charge is 0.198 e. The van der Waals surface area contributed by atoms with Crippen molar-refractivity contribution in [1.82, 2.24) is 0 Å². The predicted octanol–water partition coefficient (Wildman–Crippen LogP) is 3.39. The van der Waals surface area contributed by atoms with Crippen LogP contribution in [-0.4, -0.2) is 146 Å². The number of allylic oxidation sites excluding steroid dienone is 2. The first-order valence-corrected chi connectivity index (χ1v) is 23.1. The SMILES string of the molecule is C[C@@H]1O[C@@H](O[C@H]2CC[C@H](O[C@H]3[C@H](O)C[C@H](c4ccc5c(c4O)C(=O)C4=C(C5=O)[C@]5(O)C(=O)C[C@@](C)(O[C@H]6CC[C@H](O[C@H]7C=CC(=O)[C@H](C)O7)[C@H](C)O6)C[C@@]5(O)C=C4)O[C@@H]3C)O[C@H]2C)C=CC1=O. The van der Waals surface area contributed by atoms with E-state index < -0.39 is 132 Å². The van der Waals surface area contributed by atoms with Crippen LogP contribution in [0.2, 0.25) is 0 Å². The first kappa shape index (κ1) is 47.9. The summed E-state index contributed by atoms with van der Waals surface area (Å²) in [5, 5.41) is 47.6. The first-order valence-electron chi connectivity index (χ1n) is 23.1. The van der Waals surface area contributed by atoms with Crippen LogP contribution in [-0.2, 0) is 57.0 Å². The predicted molar refractivity (Wildman–Crippen MR) is 229 cm³/mol. The minimum atomic E-state index is -2.83. The van der Waals surface area contributed by atoms with Gasteiger partial charge in [0.1, 0.15) is 29.7 Å². The maximum atomic E-state index is 14.4. The van der Waals surface area contributed by atoms with E-state index in [0.29, 0.717) is 25.7 Å². The fourth-order valence-electron chi connectivity index (χ4n) is 10.7. The molecule has 67 heavy (non-hydrogen) atoms. The van der Waals surface area contributed by atoms with Gasteiger partial charge in [-0.05, 0) is 90.8 Å². The van der Waals surface area contributed by atoms with Crippen molar-refractivity contribution in [2.24, 2.45) is 0 Å². The number of ketones is 5. The van der Waals surface area contributed by atoms with Gasteiger partial charge in [-0.3, -0.25) is 24.0 Å². The number of carbonyl (C=O) groups is 5. The van der Waals surface area contributed by atoms with Crippen LogP contribution in [0, 0.1) is 0 Å². The van der Waals surface area contributed by atoms with E-state index >= 15 is 0 Å². The summed E-state index contributed by atoms with van der Waals surface area (Å²) >= 11 is 0. The Bertz CT molecular complexity index is 2320. The van der Waals surface area contributed by atoms with Gasteiger partial charge in [-0.1, -0.05) is 12.1 Å². The number of phenols is 1. The zero-order chi connectivity index (χ0) is 47.9. The molecule has 8 aliphatic rings. The molecule has 18 heteroatoms. The topological polar surface area (TPSA) is 249 Å². The van der Waals surface area contributed by atoms with Crippen LogP contribution in [0.4, 0.5) is 0 Å². The summed E-state index contributed by atoms with van der Waals surface area (Å²) in [4.78, 5) is 66.5. The van der Waals surface area contributed by atoms with Gasteiger partial charge >= 0.3 is 0 Å². The van der Waals surface area contributed by atoms with Gasteiger partial charge in [-0.25, -0.2) is 0 Å². The number of rotatable bonds is 9. The van der Waals surface area contributed by atoms with Crippen molar-refractivity contribution in [3.8, 4) is 5.75 Å². The molecule has 5 heterocycles. The molecule has 18 nitrogen and oxygen atoms in total. The molecule has 4 fully saturated rings. The van der Waals surface area contributed by atoms with Gasteiger partial charge in [-0.2, -0.15) is 0 Å². The molecule has 9 rings (SSSR count). The number of Topliss-reactive ketones (excluding diaryl/α,β-unsaturated/α-hetero) is 3. The number of carbonyl (C=O) groups excluding carboxylic acids is 5. The quantitative estimate of drug-likeness (QED) is 0.277. The van der Waals surface area contributed by atoms with Crippen LogP contribution in [0.25, 0.3) is 0 Å². The number of benzene rings is 1. The lowest BCUT2D eigenvalue weighted by Gasteiger charge is -2.53. The van der Waals surface area contributed by atoms with Gasteiger partial charge in [0.25, 0.3) is 0 Å². The highest BCUT2D eigenvalue weighted by Crippen LogP contribution is 2.53. The van der Waals surface area contributed by atoms with E-state index in [-0.39, 0.29) is 52.8 Å². The number of hydrogen-bond donors (Lipinski definition) is 4. The molecular formula is C49H58O18. The van der Waals surface area contributed by atoms with Crippen molar-refractivity contribution in [3.63, 3.8) is 0 Å². The minimum Gasteiger partial charge on any atom is -0.507 e. The zero-order valence-corrected chi connectivity index (χ0v) is 38.2. The lowest BCUT2D eigenvalue weighted by molar-refractivity contribution is -0.292. The van der Waals surface area contributed by atoms with E-state index in [4.69, 9.17) is 42.6 Å². The second-order valence-corrected chi connectivity index (χ2v) is 19.3. The Morgan fingerprint density at radius 3 is 1.88 bits per heavy atom. The Balaban J connectivity index is 0.843. The second kappa shape index (κ2) is 18.0. The zero-order valence-electron chi connectivity index (χ0n) is 38.2. The van der Waals surface area contributed by atoms with E-state index in [0.717, 1.165) is 6.08 Å². The van der Waals surface area contributed by atoms with Crippen LogP contribution < -0.4 is 0 Å². The Labute approximate surface area is 386 Å². The number of hydrogen-bond acceptors (Lipinski definition) is 18. The highest BCUT2D eigenvalue weighted by Gasteiger charge is 2.67. The number of aliphatic hydroxyl groups excluding tert-OH is 1. The molecule has 5 aliphatic heterocycles. The number of aliphatic hydroxyl groups is 3. The molecule has 3 aliphatic carbocycles. The van der Waals surface area contributed by atoms with Crippen molar-refractivity contribution in [2.45, 2.75) is 189 Å². The highest BCUT2D eigenvalue weighted by molar-refractivity contribution is 6.32. The van der Waals surface area contributed by atoms with Crippen LogP contribution in [0.1, 0.15) is 119 Å². The number of phenolic OH excluding ortho intramolecular Hbond substituents is 1. The van der Waals surface area contributed by atoms with E-state index in [1.807, 2.05) is 6.92 Å². The molecule has 0 unspecified atom stereocenters. The Morgan fingerprint density at radius 2 is 1.30 bits per heavy atom. The van der Waals surface area contributed by atoms with Crippen molar-refractivity contribution in [2.75, 3.05) is 0 Å². The van der Waals surface area contributed by atoms with Gasteiger partial charge in [0.15, 0.2) is 59.7 Å². The third-order valence-corrected chi connectivity index (χ3v) is 14.4. The van der Waals surface area contributed by atoms with E-state index in [1.165, 1.54) is 30.4 Å². The normalized spacial score (nSPS) is 43.3. The molecule has 1 aromatic carbocycles. The van der Waals surface area contributed by atoms with Gasteiger partial charge in [0.05, 0.1) is 59.5 Å². The van der Waals surface area contributed by atoms with Crippen LogP contribution in [0.3, 0.4) is 0 Å². The molecule has 1 aromatic rings. The molecule has 0 radical (unpaired) electrons. The first-order chi connectivity index (χ1) is 31.7. The summed E-state index contributed by atoms with van der Waals surface area (Å²) in [6, 6.07) is 2.70.